The van der Waals surface area contributed by atoms with E-state index in [1.165, 1.54) is 32.1 Å². The Balaban J connectivity index is 1.71. The summed E-state index contributed by atoms with van der Waals surface area (Å²) < 4.78 is 0. The highest BCUT2D eigenvalue weighted by atomic mass is 15.2. The van der Waals surface area contributed by atoms with Gasteiger partial charge >= 0.3 is 0 Å². The quantitative estimate of drug-likeness (QED) is 0.791. The number of nitrogens with two attached hydrogens (primary N) is 1. The molecule has 15 heavy (non-hydrogen) atoms. The minimum atomic E-state index is 0.469. The molecule has 3 N–H and O–H groups in total. The smallest absolute Gasteiger partial charge is 0.148 e. The summed E-state index contributed by atoms with van der Waals surface area (Å²) >= 11 is 0. The number of nitrogens with one attached hydrogen (secondary N) is 1. The van der Waals surface area contributed by atoms with Gasteiger partial charge in [-0.3, -0.25) is 0 Å². The van der Waals surface area contributed by atoms with Crippen LogP contribution in [0.15, 0.2) is 12.1 Å². The summed E-state index contributed by atoms with van der Waals surface area (Å²) in [5.41, 5.74) is 5.45. The molecule has 0 bridgehead atoms. The molecule has 1 fully saturated rings. The van der Waals surface area contributed by atoms with Crippen molar-refractivity contribution in [3.8, 4) is 0 Å². The van der Waals surface area contributed by atoms with Crippen molar-refractivity contribution >= 4 is 11.6 Å². The molecule has 0 aromatic carbocycles. The Bertz CT molecular complexity index is 290. The van der Waals surface area contributed by atoms with E-state index in [9.17, 15) is 0 Å². The molecule has 1 heterocycles. The number of aromatic nitrogens is 2. The zero-order valence-corrected chi connectivity index (χ0v) is 8.95. The van der Waals surface area contributed by atoms with E-state index in [0.29, 0.717) is 5.82 Å². The van der Waals surface area contributed by atoms with Crippen molar-refractivity contribution in [3.05, 3.63) is 12.1 Å². The van der Waals surface area contributed by atoms with E-state index < -0.39 is 0 Å². The number of hydrogen-bond donors (Lipinski definition) is 2. The fraction of sp³-hybridized carbons (Fsp3) is 0.636. The number of nitrogens with zero attached hydrogens (tertiary/aromatic N) is 2. The van der Waals surface area contributed by atoms with Crippen molar-refractivity contribution in [1.29, 1.82) is 0 Å². The molecule has 0 saturated heterocycles. The summed E-state index contributed by atoms with van der Waals surface area (Å²) in [5.74, 6) is 2.21. The molecule has 1 saturated carbocycles. The van der Waals surface area contributed by atoms with Gasteiger partial charge in [0.25, 0.3) is 0 Å². The van der Waals surface area contributed by atoms with E-state index in [2.05, 4.69) is 15.5 Å². The zero-order chi connectivity index (χ0) is 10.5. The molecule has 0 atom stereocenters. The van der Waals surface area contributed by atoms with Crippen molar-refractivity contribution in [1.82, 2.24) is 10.2 Å². The van der Waals surface area contributed by atoms with Crippen molar-refractivity contribution < 1.29 is 0 Å². The van der Waals surface area contributed by atoms with Crippen molar-refractivity contribution in [2.45, 2.75) is 32.1 Å². The van der Waals surface area contributed by atoms with Crippen LogP contribution in [0.1, 0.15) is 32.1 Å². The second kappa shape index (κ2) is 4.96. The molecule has 1 aliphatic rings. The Morgan fingerprint density at radius 3 is 2.73 bits per heavy atom. The first-order valence-corrected chi connectivity index (χ1v) is 5.67. The van der Waals surface area contributed by atoms with Gasteiger partial charge in [-0.05, 0) is 24.5 Å². The van der Waals surface area contributed by atoms with E-state index in [1.807, 2.05) is 6.07 Å². The van der Waals surface area contributed by atoms with Crippen LogP contribution in [-0.4, -0.2) is 16.7 Å². The number of hydrogen-bond acceptors (Lipinski definition) is 4. The summed E-state index contributed by atoms with van der Waals surface area (Å²) in [7, 11) is 0. The van der Waals surface area contributed by atoms with Gasteiger partial charge in [-0.2, -0.15) is 0 Å². The molecule has 0 unspecified atom stereocenters. The minimum absolute atomic E-state index is 0.469. The fourth-order valence-corrected chi connectivity index (χ4v) is 2.14. The molecule has 82 valence electrons. The molecule has 0 radical (unpaired) electrons. The summed E-state index contributed by atoms with van der Waals surface area (Å²) in [4.78, 5) is 0. The molecule has 4 heteroatoms. The van der Waals surface area contributed by atoms with Gasteiger partial charge in [0.2, 0.25) is 0 Å². The van der Waals surface area contributed by atoms with E-state index in [0.717, 1.165) is 18.3 Å². The SMILES string of the molecule is Nc1ccc(NCCC2CCCC2)nn1. The second-order valence-electron chi connectivity index (χ2n) is 4.21. The van der Waals surface area contributed by atoms with Crippen LogP contribution in [-0.2, 0) is 0 Å². The van der Waals surface area contributed by atoms with Gasteiger partial charge in [0.15, 0.2) is 0 Å². The Hall–Kier alpha value is -1.32. The third-order valence-corrected chi connectivity index (χ3v) is 3.02. The summed E-state index contributed by atoms with van der Waals surface area (Å²) in [6.07, 6.45) is 6.86. The van der Waals surface area contributed by atoms with Crippen LogP contribution >= 0.6 is 0 Å². The summed E-state index contributed by atoms with van der Waals surface area (Å²) in [6, 6.07) is 3.64. The third kappa shape index (κ3) is 3.08. The Labute approximate surface area is 90.3 Å². The molecular weight excluding hydrogens is 188 g/mol. The molecule has 0 spiro atoms. The van der Waals surface area contributed by atoms with E-state index >= 15 is 0 Å². The number of rotatable bonds is 4. The van der Waals surface area contributed by atoms with Crippen LogP contribution in [0.25, 0.3) is 0 Å². The van der Waals surface area contributed by atoms with Gasteiger partial charge in [0.05, 0.1) is 0 Å². The molecule has 0 amide bonds. The highest BCUT2D eigenvalue weighted by Crippen LogP contribution is 2.27. The van der Waals surface area contributed by atoms with Crippen LogP contribution in [0, 0.1) is 5.92 Å². The number of anilines is 2. The van der Waals surface area contributed by atoms with E-state index in [4.69, 9.17) is 5.73 Å². The molecule has 2 rings (SSSR count). The number of nitrogen functional groups attached to an aromatic ring is 1. The average Bonchev–Trinajstić information content (AvgIpc) is 2.74. The van der Waals surface area contributed by atoms with Crippen LogP contribution in [0.2, 0.25) is 0 Å². The Morgan fingerprint density at radius 2 is 2.07 bits per heavy atom. The summed E-state index contributed by atoms with van der Waals surface area (Å²) in [6.45, 7) is 0.989. The first kappa shape index (κ1) is 10.2. The van der Waals surface area contributed by atoms with Crippen LogP contribution in [0.5, 0.6) is 0 Å². The minimum Gasteiger partial charge on any atom is -0.382 e. The highest BCUT2D eigenvalue weighted by molar-refractivity contribution is 5.38. The van der Waals surface area contributed by atoms with Crippen molar-refractivity contribution in [2.75, 3.05) is 17.6 Å². The van der Waals surface area contributed by atoms with Gasteiger partial charge in [0, 0.05) is 6.54 Å². The lowest BCUT2D eigenvalue weighted by Crippen LogP contribution is -2.08. The first-order chi connectivity index (χ1) is 7.34. The average molecular weight is 206 g/mol. The fourth-order valence-electron chi connectivity index (χ4n) is 2.14. The van der Waals surface area contributed by atoms with Gasteiger partial charge in [-0.25, -0.2) is 0 Å². The van der Waals surface area contributed by atoms with E-state index in [-0.39, 0.29) is 0 Å². The molecule has 1 aromatic rings. The zero-order valence-electron chi connectivity index (χ0n) is 8.95. The maximum atomic E-state index is 5.45. The van der Waals surface area contributed by atoms with Gasteiger partial charge in [0.1, 0.15) is 11.6 Å². The largest absolute Gasteiger partial charge is 0.382 e. The van der Waals surface area contributed by atoms with E-state index in [1.54, 1.807) is 6.07 Å². The van der Waals surface area contributed by atoms with Crippen LogP contribution in [0.3, 0.4) is 0 Å². The Morgan fingerprint density at radius 1 is 1.27 bits per heavy atom. The lowest BCUT2D eigenvalue weighted by molar-refractivity contribution is 0.518. The van der Waals surface area contributed by atoms with Gasteiger partial charge in [-0.15, -0.1) is 10.2 Å². The van der Waals surface area contributed by atoms with Crippen molar-refractivity contribution in [3.63, 3.8) is 0 Å². The molecule has 4 nitrogen and oxygen atoms in total. The normalized spacial score (nSPS) is 16.8. The Kier molecular flexibility index (Phi) is 3.37. The summed E-state index contributed by atoms with van der Waals surface area (Å²) in [5, 5.41) is 11.0. The highest BCUT2D eigenvalue weighted by Gasteiger charge is 2.13. The molecule has 0 aliphatic heterocycles. The third-order valence-electron chi connectivity index (χ3n) is 3.02. The lowest BCUT2D eigenvalue weighted by atomic mass is 10.0. The standard InChI is InChI=1S/C11H18N4/c12-10-5-6-11(15-14-10)13-8-7-9-3-1-2-4-9/h5-6,9H,1-4,7-8H2,(H2,12,14)(H,13,15). The van der Waals surface area contributed by atoms with Gasteiger partial charge < -0.3 is 11.1 Å². The molecular formula is C11H18N4. The molecule has 1 aromatic heterocycles. The maximum Gasteiger partial charge on any atom is 0.148 e. The lowest BCUT2D eigenvalue weighted by Gasteiger charge is -2.09. The first-order valence-electron chi connectivity index (χ1n) is 5.67. The van der Waals surface area contributed by atoms with Crippen molar-refractivity contribution in [2.24, 2.45) is 5.92 Å². The van der Waals surface area contributed by atoms with Gasteiger partial charge in [-0.1, -0.05) is 25.7 Å². The van der Waals surface area contributed by atoms with Crippen LogP contribution < -0.4 is 11.1 Å². The van der Waals surface area contributed by atoms with Crippen LogP contribution in [0.4, 0.5) is 11.6 Å². The monoisotopic (exact) mass is 206 g/mol. The predicted octanol–water partition coefficient (Wildman–Crippen LogP) is 2.05. The maximum absolute atomic E-state index is 5.45. The molecule has 1 aliphatic carbocycles. The predicted molar refractivity (Wildman–Crippen MR) is 61.5 cm³/mol. The second-order valence-corrected chi connectivity index (χ2v) is 4.21. The topological polar surface area (TPSA) is 63.8 Å².